The van der Waals surface area contributed by atoms with Gasteiger partial charge in [-0.1, -0.05) is 29.8 Å². The number of fused-ring (bicyclic) bond motifs is 1. The van der Waals surface area contributed by atoms with E-state index in [-0.39, 0.29) is 11.7 Å². The summed E-state index contributed by atoms with van der Waals surface area (Å²) in [7, 11) is 1.64. The van der Waals surface area contributed by atoms with Crippen LogP contribution in [0.4, 0.5) is 0 Å². The molecule has 0 bridgehead atoms. The molecule has 0 saturated heterocycles. The predicted octanol–water partition coefficient (Wildman–Crippen LogP) is 4.30. The molecule has 0 N–H and O–H groups in total. The van der Waals surface area contributed by atoms with Crippen LogP contribution in [0.1, 0.15) is 34.6 Å². The highest BCUT2D eigenvalue weighted by atomic mass is 35.5. The van der Waals surface area contributed by atoms with Gasteiger partial charge in [0.1, 0.15) is 11.5 Å². The van der Waals surface area contributed by atoms with Crippen molar-refractivity contribution < 1.29 is 9.53 Å². The lowest BCUT2D eigenvalue weighted by molar-refractivity contribution is -0.119. The van der Waals surface area contributed by atoms with Gasteiger partial charge in [0.25, 0.3) is 0 Å². The Hall–Kier alpha value is -1.80. The molecule has 0 aliphatic heterocycles. The van der Waals surface area contributed by atoms with E-state index in [1.807, 2.05) is 31.2 Å². The summed E-state index contributed by atoms with van der Waals surface area (Å²) in [4.78, 5) is 12.1. The van der Waals surface area contributed by atoms with Crippen LogP contribution in [0.15, 0.2) is 36.4 Å². The number of carbonyl (C=O) groups excluding carboxylic acids is 1. The van der Waals surface area contributed by atoms with E-state index in [1.165, 1.54) is 5.56 Å². The molecule has 108 valence electrons. The van der Waals surface area contributed by atoms with Crippen molar-refractivity contribution in [1.29, 1.82) is 0 Å². The molecule has 21 heavy (non-hydrogen) atoms. The summed E-state index contributed by atoms with van der Waals surface area (Å²) in [5.74, 6) is 1.15. The van der Waals surface area contributed by atoms with Gasteiger partial charge in [0.2, 0.25) is 0 Å². The maximum Gasteiger partial charge on any atom is 0.138 e. The Morgan fingerprint density at radius 1 is 1.19 bits per heavy atom. The van der Waals surface area contributed by atoms with E-state index in [0.717, 1.165) is 27.5 Å². The lowest BCUT2D eigenvalue weighted by Crippen LogP contribution is -2.19. The minimum atomic E-state index is 0.0882. The predicted molar refractivity (Wildman–Crippen MR) is 84.4 cm³/mol. The second-order valence-corrected chi connectivity index (χ2v) is 5.95. The lowest BCUT2D eigenvalue weighted by Gasteiger charge is -2.26. The molecule has 0 heterocycles. The molecule has 0 amide bonds. The normalized spacial score (nSPS) is 17.5. The van der Waals surface area contributed by atoms with Gasteiger partial charge in [-0.25, -0.2) is 0 Å². The molecule has 3 heteroatoms. The summed E-state index contributed by atoms with van der Waals surface area (Å²) >= 11 is 6.24. The molecule has 2 aromatic rings. The number of hydrogen-bond donors (Lipinski definition) is 0. The second-order valence-electron chi connectivity index (χ2n) is 5.55. The highest BCUT2D eigenvalue weighted by Crippen LogP contribution is 2.37. The Balaban J connectivity index is 2.08. The van der Waals surface area contributed by atoms with Crippen molar-refractivity contribution in [3.8, 4) is 5.75 Å². The molecule has 1 unspecified atom stereocenters. The summed E-state index contributed by atoms with van der Waals surface area (Å²) in [5.41, 5.74) is 4.42. The van der Waals surface area contributed by atoms with E-state index in [0.29, 0.717) is 12.8 Å². The van der Waals surface area contributed by atoms with Crippen LogP contribution < -0.4 is 4.74 Å². The first-order valence-electron chi connectivity index (χ1n) is 7.03. The van der Waals surface area contributed by atoms with Crippen molar-refractivity contribution in [3.63, 3.8) is 0 Å². The van der Waals surface area contributed by atoms with Crippen molar-refractivity contribution in [3.05, 3.63) is 63.7 Å². The fourth-order valence-electron chi connectivity index (χ4n) is 2.95. The molecular weight excluding hydrogens is 284 g/mol. The zero-order chi connectivity index (χ0) is 15.0. The average Bonchev–Trinajstić information content (AvgIpc) is 2.48. The molecule has 1 aliphatic rings. The Morgan fingerprint density at radius 3 is 2.71 bits per heavy atom. The third kappa shape index (κ3) is 2.68. The topological polar surface area (TPSA) is 26.3 Å². The van der Waals surface area contributed by atoms with Gasteiger partial charge >= 0.3 is 0 Å². The van der Waals surface area contributed by atoms with Crippen molar-refractivity contribution >= 4 is 17.4 Å². The molecule has 2 nitrogen and oxygen atoms in total. The zero-order valence-electron chi connectivity index (χ0n) is 12.2. The number of halogens is 1. The first-order chi connectivity index (χ1) is 10.1. The number of ether oxygens (including phenoxy) is 1. The highest BCUT2D eigenvalue weighted by Gasteiger charge is 2.27. The minimum absolute atomic E-state index is 0.0882. The summed E-state index contributed by atoms with van der Waals surface area (Å²) in [6.07, 6.45) is 1.03. The van der Waals surface area contributed by atoms with Crippen molar-refractivity contribution in [1.82, 2.24) is 0 Å². The second kappa shape index (κ2) is 5.53. The number of ketones is 1. The van der Waals surface area contributed by atoms with E-state index in [1.54, 1.807) is 7.11 Å². The minimum Gasteiger partial charge on any atom is -0.497 e. The zero-order valence-corrected chi connectivity index (χ0v) is 12.9. The Labute approximate surface area is 129 Å². The number of carbonyl (C=O) groups is 1. The molecule has 1 atom stereocenters. The largest absolute Gasteiger partial charge is 0.497 e. The molecule has 0 fully saturated rings. The third-order valence-electron chi connectivity index (χ3n) is 4.14. The van der Waals surface area contributed by atoms with Gasteiger partial charge < -0.3 is 4.74 Å². The Bertz CT molecular complexity index is 706. The maximum atomic E-state index is 12.1. The average molecular weight is 301 g/mol. The van der Waals surface area contributed by atoms with E-state index in [9.17, 15) is 4.79 Å². The Kier molecular flexibility index (Phi) is 3.73. The summed E-state index contributed by atoms with van der Waals surface area (Å²) in [5, 5.41) is 0.751. The van der Waals surface area contributed by atoms with Crippen LogP contribution in [-0.2, 0) is 11.2 Å². The first kappa shape index (κ1) is 14.2. The van der Waals surface area contributed by atoms with Gasteiger partial charge in [0, 0.05) is 23.8 Å². The standard InChI is InChI=1S/C18H17ClO2/c1-11-3-4-12(9-18(11)19)17-10-14(20)7-13-8-15(21-2)5-6-16(13)17/h3-6,8-9,17H,7,10H2,1-2H3. The molecule has 2 aromatic carbocycles. The quantitative estimate of drug-likeness (QED) is 0.826. The molecule has 0 radical (unpaired) electrons. The smallest absolute Gasteiger partial charge is 0.138 e. The Morgan fingerprint density at radius 2 is 2.00 bits per heavy atom. The van der Waals surface area contributed by atoms with Crippen LogP contribution in [0.25, 0.3) is 0 Å². The molecule has 3 rings (SSSR count). The van der Waals surface area contributed by atoms with Crippen LogP contribution in [0, 0.1) is 6.92 Å². The van der Waals surface area contributed by atoms with Crippen LogP contribution >= 0.6 is 11.6 Å². The van der Waals surface area contributed by atoms with Crippen molar-refractivity contribution in [2.45, 2.75) is 25.7 Å². The maximum absolute atomic E-state index is 12.1. The first-order valence-corrected chi connectivity index (χ1v) is 7.41. The monoisotopic (exact) mass is 300 g/mol. The van der Waals surface area contributed by atoms with E-state index < -0.39 is 0 Å². The van der Waals surface area contributed by atoms with Crippen LogP contribution in [0.2, 0.25) is 5.02 Å². The van der Waals surface area contributed by atoms with Crippen molar-refractivity contribution in [2.24, 2.45) is 0 Å². The van der Waals surface area contributed by atoms with Crippen LogP contribution in [0.3, 0.4) is 0 Å². The summed E-state index contributed by atoms with van der Waals surface area (Å²) in [6, 6.07) is 12.1. The number of methoxy groups -OCH3 is 1. The molecule has 0 spiro atoms. The third-order valence-corrected chi connectivity index (χ3v) is 4.55. The number of hydrogen-bond acceptors (Lipinski definition) is 2. The van der Waals surface area contributed by atoms with E-state index in [2.05, 4.69) is 12.1 Å². The van der Waals surface area contributed by atoms with Gasteiger partial charge in [-0.2, -0.15) is 0 Å². The SMILES string of the molecule is COc1ccc2c(c1)CC(=O)CC2c1ccc(C)c(Cl)c1. The van der Waals surface area contributed by atoms with Gasteiger partial charge in [0.05, 0.1) is 7.11 Å². The van der Waals surface area contributed by atoms with Gasteiger partial charge in [-0.05, 0) is 47.4 Å². The highest BCUT2D eigenvalue weighted by molar-refractivity contribution is 6.31. The molecule has 0 saturated carbocycles. The number of benzene rings is 2. The van der Waals surface area contributed by atoms with Crippen LogP contribution in [-0.4, -0.2) is 12.9 Å². The fourth-order valence-corrected chi connectivity index (χ4v) is 3.14. The molecule has 0 aromatic heterocycles. The molecule has 1 aliphatic carbocycles. The van der Waals surface area contributed by atoms with Crippen molar-refractivity contribution in [2.75, 3.05) is 7.11 Å². The number of rotatable bonds is 2. The van der Waals surface area contributed by atoms with Gasteiger partial charge in [-0.3, -0.25) is 4.79 Å². The van der Waals surface area contributed by atoms with Gasteiger partial charge in [0.15, 0.2) is 0 Å². The van der Waals surface area contributed by atoms with E-state index in [4.69, 9.17) is 16.3 Å². The number of aryl methyl sites for hydroxylation is 1. The number of Topliss-reactive ketones (excluding diaryl/α,β-unsaturated/α-hetero) is 1. The van der Waals surface area contributed by atoms with E-state index >= 15 is 0 Å². The van der Waals surface area contributed by atoms with Gasteiger partial charge in [-0.15, -0.1) is 0 Å². The summed E-state index contributed by atoms with van der Waals surface area (Å²) < 4.78 is 5.26. The summed E-state index contributed by atoms with van der Waals surface area (Å²) in [6.45, 7) is 1.98. The fraction of sp³-hybridized carbons (Fsp3) is 0.278. The molecular formula is C18H17ClO2. The lowest BCUT2D eigenvalue weighted by atomic mass is 9.78. The van der Waals surface area contributed by atoms with Crippen LogP contribution in [0.5, 0.6) is 5.75 Å².